The SMILES string of the molecule is C[C@]12CC[C@@H]3[C@H](OC(=O)[C@]3(C)[Se]c3ccccc3)[C@@]13C=CC(=O)[C@]23C. The van der Waals surface area contributed by atoms with Gasteiger partial charge in [-0.2, -0.15) is 0 Å². The van der Waals surface area contributed by atoms with Gasteiger partial charge in [0.25, 0.3) is 0 Å². The van der Waals surface area contributed by atoms with E-state index in [2.05, 4.69) is 39.0 Å². The Kier molecular flexibility index (Phi) is 2.83. The Morgan fingerprint density at radius 2 is 1.84 bits per heavy atom. The summed E-state index contributed by atoms with van der Waals surface area (Å²) in [6.07, 6.45) is 5.63. The number of ether oxygens (including phenoxy) is 1. The van der Waals surface area contributed by atoms with Crippen molar-refractivity contribution in [1.82, 2.24) is 0 Å². The predicted molar refractivity (Wildman–Crippen MR) is 95.6 cm³/mol. The van der Waals surface area contributed by atoms with Crippen LogP contribution in [-0.4, -0.2) is 32.8 Å². The first-order chi connectivity index (χ1) is 11.8. The fraction of sp³-hybridized carbons (Fsp3) is 0.524. The summed E-state index contributed by atoms with van der Waals surface area (Å²) in [7, 11) is 0. The maximum atomic E-state index is 13.0. The predicted octanol–water partition coefficient (Wildman–Crippen LogP) is 2.68. The molecule has 4 heteroatoms. The van der Waals surface area contributed by atoms with Crippen LogP contribution >= 0.6 is 0 Å². The molecule has 5 rings (SSSR count). The molecule has 1 spiro atoms. The topological polar surface area (TPSA) is 43.4 Å². The number of hydrogen-bond acceptors (Lipinski definition) is 3. The van der Waals surface area contributed by atoms with Crippen molar-refractivity contribution in [1.29, 1.82) is 0 Å². The number of hydrogen-bond donors (Lipinski definition) is 0. The zero-order valence-electron chi connectivity index (χ0n) is 14.7. The van der Waals surface area contributed by atoms with Gasteiger partial charge in [-0.3, -0.25) is 0 Å². The van der Waals surface area contributed by atoms with Crippen LogP contribution in [0.2, 0.25) is 4.31 Å². The molecule has 1 aromatic carbocycles. The second-order valence-electron chi connectivity index (χ2n) is 8.52. The fourth-order valence-electron chi connectivity index (χ4n) is 6.29. The third kappa shape index (κ3) is 1.48. The van der Waals surface area contributed by atoms with Gasteiger partial charge in [-0.1, -0.05) is 0 Å². The summed E-state index contributed by atoms with van der Waals surface area (Å²) in [6, 6.07) is 10.3. The van der Waals surface area contributed by atoms with Gasteiger partial charge in [0.05, 0.1) is 0 Å². The van der Waals surface area contributed by atoms with Gasteiger partial charge in [-0.15, -0.1) is 0 Å². The molecule has 1 heterocycles. The Morgan fingerprint density at radius 3 is 2.56 bits per heavy atom. The van der Waals surface area contributed by atoms with Gasteiger partial charge >= 0.3 is 154 Å². The summed E-state index contributed by atoms with van der Waals surface area (Å²) in [4.78, 5) is 25.6. The summed E-state index contributed by atoms with van der Waals surface area (Å²) >= 11 is 0.0206. The molecule has 0 aromatic heterocycles. The molecule has 4 aliphatic rings. The van der Waals surface area contributed by atoms with Gasteiger partial charge in [0.1, 0.15) is 0 Å². The Hall–Kier alpha value is -1.38. The summed E-state index contributed by atoms with van der Waals surface area (Å²) in [6.45, 7) is 6.40. The van der Waals surface area contributed by atoms with Crippen LogP contribution in [-0.2, 0) is 14.3 Å². The molecule has 25 heavy (non-hydrogen) atoms. The third-order valence-electron chi connectivity index (χ3n) is 7.96. The van der Waals surface area contributed by atoms with Crippen molar-refractivity contribution in [3.05, 3.63) is 42.5 Å². The van der Waals surface area contributed by atoms with Crippen LogP contribution in [0.3, 0.4) is 0 Å². The maximum absolute atomic E-state index is 13.0. The van der Waals surface area contributed by atoms with E-state index < -0.39 is 4.31 Å². The summed E-state index contributed by atoms with van der Waals surface area (Å²) < 4.78 is 6.85. The van der Waals surface area contributed by atoms with Gasteiger partial charge in [-0.05, 0) is 0 Å². The van der Waals surface area contributed by atoms with E-state index in [9.17, 15) is 9.59 Å². The van der Waals surface area contributed by atoms with Crippen LogP contribution in [0.15, 0.2) is 42.5 Å². The van der Waals surface area contributed by atoms with E-state index in [1.165, 1.54) is 4.46 Å². The van der Waals surface area contributed by atoms with E-state index in [0.29, 0.717) is 0 Å². The van der Waals surface area contributed by atoms with E-state index in [1.54, 1.807) is 6.08 Å². The molecular weight excluding hydrogens is 379 g/mol. The van der Waals surface area contributed by atoms with Crippen LogP contribution in [0, 0.1) is 22.2 Å². The molecule has 2 saturated carbocycles. The summed E-state index contributed by atoms with van der Waals surface area (Å²) in [5.41, 5.74) is -0.719. The van der Waals surface area contributed by atoms with Gasteiger partial charge < -0.3 is 0 Å². The van der Waals surface area contributed by atoms with Gasteiger partial charge in [0.15, 0.2) is 0 Å². The van der Waals surface area contributed by atoms with Crippen molar-refractivity contribution in [3.63, 3.8) is 0 Å². The number of carbonyl (C=O) groups excluding carboxylic acids is 2. The van der Waals surface area contributed by atoms with Crippen LogP contribution in [0.1, 0.15) is 33.6 Å². The molecule has 3 aliphatic carbocycles. The van der Waals surface area contributed by atoms with Crippen molar-refractivity contribution >= 4 is 31.2 Å². The molecular formula is C21H22O3Se. The second-order valence-corrected chi connectivity index (χ2v) is 11.7. The van der Waals surface area contributed by atoms with E-state index >= 15 is 0 Å². The molecule has 1 aromatic rings. The molecule has 0 radical (unpaired) electrons. The summed E-state index contributed by atoms with van der Waals surface area (Å²) in [5.74, 6) is 0.353. The van der Waals surface area contributed by atoms with Crippen molar-refractivity contribution in [2.75, 3.05) is 0 Å². The first-order valence-electron chi connectivity index (χ1n) is 9.00. The van der Waals surface area contributed by atoms with Crippen LogP contribution < -0.4 is 4.46 Å². The molecule has 0 bridgehead atoms. The number of rotatable bonds is 2. The Balaban J connectivity index is 1.56. The average molecular weight is 401 g/mol. The van der Waals surface area contributed by atoms with Crippen molar-refractivity contribution < 1.29 is 14.3 Å². The minimum atomic E-state index is -0.446. The van der Waals surface area contributed by atoms with Gasteiger partial charge in [-0.25, -0.2) is 0 Å². The van der Waals surface area contributed by atoms with Crippen molar-refractivity contribution in [2.45, 2.75) is 44.0 Å². The molecule has 1 aliphatic heterocycles. The van der Waals surface area contributed by atoms with Crippen LogP contribution in [0.25, 0.3) is 0 Å². The standard InChI is InChI=1S/C21H22O3Se/c1-18-11-9-14-16(21(18)12-10-15(22)20(18,21)3)24-17(23)19(14,2)25-13-7-5-4-6-8-13/h4-8,10,12,14,16H,9,11H2,1-3H3/t14-,16+,18-,19-,20-,21+/m1/s1. The van der Waals surface area contributed by atoms with Gasteiger partial charge in [0.2, 0.25) is 0 Å². The quantitative estimate of drug-likeness (QED) is 0.566. The number of carbonyl (C=O) groups is 2. The second kappa shape index (κ2) is 4.47. The third-order valence-corrected chi connectivity index (χ3v) is 10.9. The van der Waals surface area contributed by atoms with Crippen LogP contribution in [0.4, 0.5) is 0 Å². The van der Waals surface area contributed by atoms with Crippen molar-refractivity contribution in [2.24, 2.45) is 22.2 Å². The molecule has 0 unspecified atom stereocenters. The average Bonchev–Trinajstić information content (AvgIpc) is 2.75. The number of benzene rings is 1. The first kappa shape index (κ1) is 15.8. The fourth-order valence-corrected chi connectivity index (χ4v) is 9.04. The molecule has 130 valence electrons. The molecule has 6 atom stereocenters. The van der Waals surface area contributed by atoms with E-state index in [-0.39, 0.29) is 55.0 Å². The number of esters is 1. The molecule has 1 saturated heterocycles. The normalized spacial score (nSPS) is 49.4. The number of allylic oxidation sites excluding steroid dienone is 1. The first-order valence-corrected chi connectivity index (χ1v) is 10.7. The minimum absolute atomic E-state index is 0.0206. The van der Waals surface area contributed by atoms with Gasteiger partial charge in [0, 0.05) is 0 Å². The number of fused-ring (bicyclic) bond motifs is 2. The Morgan fingerprint density at radius 1 is 1.12 bits per heavy atom. The van der Waals surface area contributed by atoms with E-state index in [0.717, 1.165) is 12.8 Å². The van der Waals surface area contributed by atoms with Crippen molar-refractivity contribution in [3.8, 4) is 0 Å². The number of ketones is 1. The zero-order chi connectivity index (χ0) is 17.7. The van der Waals surface area contributed by atoms with E-state index in [1.807, 2.05) is 18.2 Å². The Labute approximate surface area is 154 Å². The summed E-state index contributed by atoms with van der Waals surface area (Å²) in [5, 5.41) is 0. The monoisotopic (exact) mass is 402 g/mol. The molecule has 3 fully saturated rings. The molecule has 3 nitrogen and oxygen atoms in total. The molecule has 0 N–H and O–H groups in total. The van der Waals surface area contributed by atoms with Crippen LogP contribution in [0.5, 0.6) is 0 Å². The van der Waals surface area contributed by atoms with E-state index in [4.69, 9.17) is 4.74 Å². The zero-order valence-corrected chi connectivity index (χ0v) is 16.5. The molecule has 0 amide bonds. The Bertz CT molecular complexity index is 833.